The molecule has 1 rings (SSSR count). The van der Waals surface area contributed by atoms with Gasteiger partial charge >= 0.3 is 0 Å². The second-order valence-corrected chi connectivity index (χ2v) is 7.49. The van der Waals surface area contributed by atoms with Gasteiger partial charge in [0.25, 0.3) is 0 Å². The van der Waals surface area contributed by atoms with Crippen molar-refractivity contribution in [3.63, 3.8) is 0 Å². The molecule has 20 heavy (non-hydrogen) atoms. The summed E-state index contributed by atoms with van der Waals surface area (Å²) >= 11 is 0. The van der Waals surface area contributed by atoms with Crippen molar-refractivity contribution in [1.29, 1.82) is 0 Å². The van der Waals surface area contributed by atoms with Crippen LogP contribution in [0.2, 0.25) is 0 Å². The van der Waals surface area contributed by atoms with Gasteiger partial charge in [0.1, 0.15) is 0 Å². The predicted molar refractivity (Wildman–Crippen MR) is 84.3 cm³/mol. The van der Waals surface area contributed by atoms with Crippen molar-refractivity contribution in [2.24, 2.45) is 0 Å². The maximum absolute atomic E-state index is 12.0. The third kappa shape index (κ3) is 7.03. The molecule has 0 radical (unpaired) electrons. The van der Waals surface area contributed by atoms with Gasteiger partial charge in [-0.1, -0.05) is 37.3 Å². The summed E-state index contributed by atoms with van der Waals surface area (Å²) in [6, 6.07) is 10.1. The fourth-order valence-electron chi connectivity index (χ4n) is 2.01. The van der Waals surface area contributed by atoms with E-state index in [0.29, 0.717) is 6.54 Å². The first-order valence-corrected chi connectivity index (χ1v) is 8.76. The Balaban J connectivity index is 2.47. The lowest BCUT2D eigenvalue weighted by Gasteiger charge is -2.26. The van der Waals surface area contributed by atoms with Crippen LogP contribution in [0.3, 0.4) is 0 Å². The maximum Gasteiger partial charge on any atom is 0.213 e. The van der Waals surface area contributed by atoms with E-state index in [0.717, 1.165) is 19.4 Å². The molecule has 1 aromatic carbocycles. The number of hydrogen-bond acceptors (Lipinski definition) is 3. The van der Waals surface area contributed by atoms with Crippen LogP contribution in [-0.4, -0.2) is 32.8 Å². The first kappa shape index (κ1) is 17.1. The first-order chi connectivity index (χ1) is 9.35. The SMILES string of the molecule is CCNCCS(=O)(=O)NC(C)(C)CCc1ccccc1. The highest BCUT2D eigenvalue weighted by Gasteiger charge is 2.24. The minimum atomic E-state index is -3.23. The summed E-state index contributed by atoms with van der Waals surface area (Å²) < 4.78 is 26.8. The highest BCUT2D eigenvalue weighted by Crippen LogP contribution is 2.14. The Hall–Kier alpha value is -0.910. The van der Waals surface area contributed by atoms with E-state index >= 15 is 0 Å². The van der Waals surface area contributed by atoms with Crippen LogP contribution in [-0.2, 0) is 16.4 Å². The van der Waals surface area contributed by atoms with Crippen LogP contribution in [0.1, 0.15) is 32.8 Å². The lowest BCUT2D eigenvalue weighted by atomic mass is 9.97. The molecule has 4 nitrogen and oxygen atoms in total. The summed E-state index contributed by atoms with van der Waals surface area (Å²) in [6.45, 7) is 7.10. The van der Waals surface area contributed by atoms with E-state index in [1.165, 1.54) is 5.56 Å². The van der Waals surface area contributed by atoms with Gasteiger partial charge in [-0.05, 0) is 38.8 Å². The predicted octanol–water partition coefficient (Wildman–Crippen LogP) is 1.93. The van der Waals surface area contributed by atoms with Crippen molar-refractivity contribution >= 4 is 10.0 Å². The average molecular weight is 298 g/mol. The number of sulfonamides is 1. The van der Waals surface area contributed by atoms with E-state index in [4.69, 9.17) is 0 Å². The standard InChI is InChI=1S/C15H26N2O2S/c1-4-16-12-13-20(18,19)17-15(2,3)11-10-14-8-6-5-7-9-14/h5-9,16-17H,4,10-13H2,1-3H3. The molecule has 0 heterocycles. The molecule has 0 aliphatic heterocycles. The van der Waals surface area contributed by atoms with Gasteiger partial charge < -0.3 is 5.32 Å². The van der Waals surface area contributed by atoms with Crippen LogP contribution in [0.5, 0.6) is 0 Å². The Labute approximate surface area is 123 Å². The minimum Gasteiger partial charge on any atom is -0.316 e. The fourth-order valence-corrected chi connectivity index (χ4v) is 3.47. The zero-order chi connectivity index (χ0) is 15.1. The smallest absolute Gasteiger partial charge is 0.213 e. The van der Waals surface area contributed by atoms with Crippen LogP contribution in [0.4, 0.5) is 0 Å². The minimum absolute atomic E-state index is 0.121. The summed E-state index contributed by atoms with van der Waals surface area (Å²) in [7, 11) is -3.23. The summed E-state index contributed by atoms with van der Waals surface area (Å²) in [5.41, 5.74) is 0.799. The van der Waals surface area contributed by atoms with E-state index in [9.17, 15) is 8.42 Å². The normalized spacial score (nSPS) is 12.6. The first-order valence-electron chi connectivity index (χ1n) is 7.11. The third-order valence-electron chi connectivity index (χ3n) is 3.11. The van der Waals surface area contributed by atoms with E-state index in [1.54, 1.807) is 0 Å². The largest absolute Gasteiger partial charge is 0.316 e. The van der Waals surface area contributed by atoms with E-state index in [1.807, 2.05) is 39.0 Å². The molecule has 0 aromatic heterocycles. The summed E-state index contributed by atoms with van der Waals surface area (Å²) in [4.78, 5) is 0. The highest BCUT2D eigenvalue weighted by atomic mass is 32.2. The van der Waals surface area contributed by atoms with Gasteiger partial charge in [0.05, 0.1) is 5.75 Å². The molecule has 0 atom stereocenters. The molecule has 1 aromatic rings. The zero-order valence-electron chi connectivity index (χ0n) is 12.6. The molecule has 5 heteroatoms. The molecule has 0 bridgehead atoms. The Kier molecular flexibility index (Phi) is 6.65. The molecule has 0 spiro atoms. The zero-order valence-corrected chi connectivity index (χ0v) is 13.5. The van der Waals surface area contributed by atoms with Crippen LogP contribution < -0.4 is 10.0 Å². The van der Waals surface area contributed by atoms with Crippen LogP contribution in [0.25, 0.3) is 0 Å². The molecular weight excluding hydrogens is 272 g/mol. The second-order valence-electron chi connectivity index (χ2n) is 5.64. The van der Waals surface area contributed by atoms with Gasteiger partial charge in [-0.15, -0.1) is 0 Å². The van der Waals surface area contributed by atoms with Crippen molar-refractivity contribution < 1.29 is 8.42 Å². The Morgan fingerprint density at radius 2 is 1.80 bits per heavy atom. The number of benzene rings is 1. The van der Waals surface area contributed by atoms with E-state index in [-0.39, 0.29) is 5.75 Å². The molecule has 114 valence electrons. The summed E-state index contributed by atoms with van der Waals surface area (Å²) in [5, 5.41) is 3.03. The monoisotopic (exact) mass is 298 g/mol. The van der Waals surface area contributed by atoms with Gasteiger partial charge in [0, 0.05) is 12.1 Å². The summed E-state index contributed by atoms with van der Waals surface area (Å²) in [5.74, 6) is 0.121. The maximum atomic E-state index is 12.0. The molecule has 0 unspecified atom stereocenters. The van der Waals surface area contributed by atoms with Gasteiger partial charge in [-0.2, -0.15) is 0 Å². The molecule has 0 aliphatic rings. The van der Waals surface area contributed by atoms with Crippen LogP contribution >= 0.6 is 0 Å². The van der Waals surface area contributed by atoms with Gasteiger partial charge in [0.15, 0.2) is 0 Å². The highest BCUT2D eigenvalue weighted by molar-refractivity contribution is 7.89. The number of rotatable bonds is 9. The number of aryl methyl sites for hydroxylation is 1. The van der Waals surface area contributed by atoms with Crippen molar-refractivity contribution in [3.8, 4) is 0 Å². The molecule has 0 saturated heterocycles. The molecule has 2 N–H and O–H groups in total. The Morgan fingerprint density at radius 1 is 1.15 bits per heavy atom. The lowest BCUT2D eigenvalue weighted by Crippen LogP contribution is -2.45. The average Bonchev–Trinajstić information content (AvgIpc) is 2.37. The Bertz CT molecular complexity index is 484. The van der Waals surface area contributed by atoms with Crippen molar-refractivity contribution in [2.75, 3.05) is 18.8 Å². The van der Waals surface area contributed by atoms with Gasteiger partial charge in [0.2, 0.25) is 10.0 Å². The molecule has 0 aliphatic carbocycles. The molecule has 0 fully saturated rings. The fraction of sp³-hybridized carbons (Fsp3) is 0.600. The van der Waals surface area contributed by atoms with E-state index < -0.39 is 15.6 Å². The number of nitrogens with one attached hydrogen (secondary N) is 2. The second kappa shape index (κ2) is 7.76. The van der Waals surface area contributed by atoms with E-state index in [2.05, 4.69) is 22.2 Å². The molecule has 0 saturated carbocycles. The molecule has 0 amide bonds. The van der Waals surface area contributed by atoms with Crippen molar-refractivity contribution in [3.05, 3.63) is 35.9 Å². The van der Waals surface area contributed by atoms with Crippen LogP contribution in [0.15, 0.2) is 30.3 Å². The van der Waals surface area contributed by atoms with Gasteiger partial charge in [-0.3, -0.25) is 0 Å². The van der Waals surface area contributed by atoms with Crippen molar-refractivity contribution in [2.45, 2.75) is 39.2 Å². The molecular formula is C15H26N2O2S. The topological polar surface area (TPSA) is 58.2 Å². The Morgan fingerprint density at radius 3 is 2.40 bits per heavy atom. The van der Waals surface area contributed by atoms with Crippen molar-refractivity contribution in [1.82, 2.24) is 10.0 Å². The quantitative estimate of drug-likeness (QED) is 0.685. The lowest BCUT2D eigenvalue weighted by molar-refractivity contribution is 0.422. The number of hydrogen-bond donors (Lipinski definition) is 2. The van der Waals surface area contributed by atoms with Crippen LogP contribution in [0, 0.1) is 0 Å². The summed E-state index contributed by atoms with van der Waals surface area (Å²) in [6.07, 6.45) is 1.64. The van der Waals surface area contributed by atoms with Gasteiger partial charge in [-0.25, -0.2) is 13.1 Å². The third-order valence-corrected chi connectivity index (χ3v) is 4.72.